The first kappa shape index (κ1) is 15.5. The first-order valence-corrected chi connectivity index (χ1v) is 8.61. The van der Waals surface area contributed by atoms with Crippen LogP contribution in [0.25, 0.3) is 11.0 Å². The molecule has 5 heteroatoms. The highest BCUT2D eigenvalue weighted by atomic mass is 16.5. The number of carbonyl (C=O) groups excluding carboxylic acids is 1. The third kappa shape index (κ3) is 2.30. The summed E-state index contributed by atoms with van der Waals surface area (Å²) in [5, 5.41) is 13.7. The topological polar surface area (TPSA) is 71.7 Å². The maximum absolute atomic E-state index is 12.8. The fourth-order valence-corrected chi connectivity index (χ4v) is 4.66. The molecule has 0 aliphatic heterocycles. The van der Waals surface area contributed by atoms with Crippen molar-refractivity contribution >= 4 is 16.9 Å². The zero-order valence-corrected chi connectivity index (χ0v) is 14.0. The molecule has 1 aromatic carbocycles. The fourth-order valence-electron chi connectivity index (χ4n) is 4.66. The second-order valence-corrected chi connectivity index (χ2v) is 7.10. The van der Waals surface area contributed by atoms with E-state index in [2.05, 4.69) is 5.32 Å². The summed E-state index contributed by atoms with van der Waals surface area (Å²) in [7, 11) is 1.62. The SMILES string of the molecule is COc1ccc2oc(C(=O)NC3C4CCC(C4)C3CO)c(C)c2c1. The quantitative estimate of drug-likeness (QED) is 0.905. The van der Waals surface area contributed by atoms with Crippen LogP contribution >= 0.6 is 0 Å². The number of aryl methyl sites for hydroxylation is 1. The van der Waals surface area contributed by atoms with Crippen molar-refractivity contribution in [3.63, 3.8) is 0 Å². The number of carbonyl (C=O) groups is 1. The van der Waals surface area contributed by atoms with E-state index < -0.39 is 0 Å². The number of benzene rings is 1. The molecule has 2 fully saturated rings. The molecule has 0 saturated heterocycles. The zero-order valence-electron chi connectivity index (χ0n) is 14.0. The summed E-state index contributed by atoms with van der Waals surface area (Å²) in [4.78, 5) is 12.8. The number of aliphatic hydroxyl groups excluding tert-OH is 1. The standard InChI is InChI=1S/C19H23NO4/c1-10-14-8-13(23-2)5-6-16(14)24-18(10)19(22)20-17-12-4-3-11(7-12)15(17)9-21/h5-6,8,11-12,15,17,21H,3-4,7,9H2,1-2H3,(H,20,22). The average Bonchev–Trinajstić information content (AvgIpc) is 3.28. The normalized spacial score (nSPS) is 28.5. The van der Waals surface area contributed by atoms with Gasteiger partial charge in [0.15, 0.2) is 5.76 Å². The highest BCUT2D eigenvalue weighted by molar-refractivity contribution is 5.99. The molecule has 128 valence electrons. The largest absolute Gasteiger partial charge is 0.497 e. The third-order valence-corrected chi connectivity index (χ3v) is 5.95. The van der Waals surface area contributed by atoms with Crippen LogP contribution in [-0.2, 0) is 0 Å². The molecule has 1 aromatic heterocycles. The zero-order chi connectivity index (χ0) is 16.8. The second-order valence-electron chi connectivity index (χ2n) is 7.10. The van der Waals surface area contributed by atoms with Crippen molar-refractivity contribution in [1.29, 1.82) is 0 Å². The lowest BCUT2D eigenvalue weighted by atomic mass is 9.85. The van der Waals surface area contributed by atoms with Crippen LogP contribution in [0.4, 0.5) is 0 Å². The first-order chi connectivity index (χ1) is 11.6. The van der Waals surface area contributed by atoms with Gasteiger partial charge in [-0.3, -0.25) is 4.79 Å². The lowest BCUT2D eigenvalue weighted by molar-refractivity contribution is 0.0836. The molecule has 2 bridgehead atoms. The van der Waals surface area contributed by atoms with E-state index in [0.717, 1.165) is 29.5 Å². The van der Waals surface area contributed by atoms with Gasteiger partial charge in [-0.15, -0.1) is 0 Å². The van der Waals surface area contributed by atoms with Crippen molar-refractivity contribution in [3.8, 4) is 5.75 Å². The molecular weight excluding hydrogens is 306 g/mol. The Hall–Kier alpha value is -2.01. The molecule has 2 N–H and O–H groups in total. The summed E-state index contributed by atoms with van der Waals surface area (Å²) in [6.45, 7) is 2.03. The monoisotopic (exact) mass is 329 g/mol. The van der Waals surface area contributed by atoms with Gasteiger partial charge in [0.05, 0.1) is 7.11 Å². The van der Waals surface area contributed by atoms with Crippen LogP contribution in [0.3, 0.4) is 0 Å². The van der Waals surface area contributed by atoms with E-state index in [9.17, 15) is 9.90 Å². The summed E-state index contributed by atoms with van der Waals surface area (Å²) in [6, 6.07) is 5.60. The molecule has 2 aromatic rings. The van der Waals surface area contributed by atoms with Gasteiger partial charge in [0.1, 0.15) is 11.3 Å². The molecule has 1 heterocycles. The molecule has 2 aliphatic carbocycles. The molecule has 5 nitrogen and oxygen atoms in total. The Morgan fingerprint density at radius 1 is 1.38 bits per heavy atom. The predicted octanol–water partition coefficient (Wildman–Crippen LogP) is 2.89. The van der Waals surface area contributed by atoms with Gasteiger partial charge < -0.3 is 19.6 Å². The van der Waals surface area contributed by atoms with E-state index >= 15 is 0 Å². The number of hydrogen-bond acceptors (Lipinski definition) is 4. The Labute approximate surface area is 141 Å². The van der Waals surface area contributed by atoms with Gasteiger partial charge in [0.25, 0.3) is 5.91 Å². The van der Waals surface area contributed by atoms with E-state index in [1.165, 1.54) is 6.42 Å². The van der Waals surface area contributed by atoms with E-state index in [4.69, 9.17) is 9.15 Å². The van der Waals surface area contributed by atoms with E-state index in [1.54, 1.807) is 7.11 Å². The Morgan fingerprint density at radius 2 is 2.17 bits per heavy atom. The predicted molar refractivity (Wildman–Crippen MR) is 90.2 cm³/mol. The number of hydrogen-bond donors (Lipinski definition) is 2. The van der Waals surface area contributed by atoms with Crippen molar-refractivity contribution in [2.24, 2.45) is 17.8 Å². The van der Waals surface area contributed by atoms with Crippen molar-refractivity contribution in [2.75, 3.05) is 13.7 Å². The molecule has 2 aliphatic rings. The van der Waals surface area contributed by atoms with E-state index in [0.29, 0.717) is 23.2 Å². The van der Waals surface area contributed by atoms with Crippen LogP contribution in [0, 0.1) is 24.7 Å². The highest BCUT2D eigenvalue weighted by Gasteiger charge is 2.48. The summed E-state index contributed by atoms with van der Waals surface area (Å²) in [5.74, 6) is 2.13. The van der Waals surface area contributed by atoms with Crippen LogP contribution < -0.4 is 10.1 Å². The van der Waals surface area contributed by atoms with Crippen molar-refractivity contribution in [3.05, 3.63) is 29.5 Å². The molecular formula is C19H23NO4. The van der Waals surface area contributed by atoms with Crippen molar-refractivity contribution < 1.29 is 19.1 Å². The van der Waals surface area contributed by atoms with Crippen LogP contribution in [0.5, 0.6) is 5.75 Å². The molecule has 24 heavy (non-hydrogen) atoms. The maximum atomic E-state index is 12.8. The Bertz CT molecular complexity index is 781. The van der Waals surface area contributed by atoms with Crippen LogP contribution in [0.1, 0.15) is 35.4 Å². The van der Waals surface area contributed by atoms with E-state index in [-0.39, 0.29) is 24.5 Å². The molecule has 0 radical (unpaired) electrons. The summed E-state index contributed by atoms with van der Waals surface area (Å²) in [5.41, 5.74) is 1.51. The molecule has 4 atom stereocenters. The van der Waals surface area contributed by atoms with Gasteiger partial charge in [0.2, 0.25) is 0 Å². The van der Waals surface area contributed by atoms with Gasteiger partial charge in [-0.25, -0.2) is 0 Å². The lowest BCUT2D eigenvalue weighted by Gasteiger charge is -2.30. The molecule has 0 spiro atoms. The van der Waals surface area contributed by atoms with Crippen molar-refractivity contribution in [1.82, 2.24) is 5.32 Å². The minimum Gasteiger partial charge on any atom is -0.497 e. The fraction of sp³-hybridized carbons (Fsp3) is 0.526. The minimum absolute atomic E-state index is 0.0587. The molecule has 2 saturated carbocycles. The van der Waals surface area contributed by atoms with E-state index in [1.807, 2.05) is 25.1 Å². The number of nitrogens with one attached hydrogen (secondary N) is 1. The number of furan rings is 1. The Balaban J connectivity index is 1.60. The van der Waals surface area contributed by atoms with Gasteiger partial charge >= 0.3 is 0 Å². The first-order valence-electron chi connectivity index (χ1n) is 8.61. The molecule has 4 rings (SSSR count). The second kappa shape index (κ2) is 5.81. The summed E-state index contributed by atoms with van der Waals surface area (Å²) >= 11 is 0. The summed E-state index contributed by atoms with van der Waals surface area (Å²) < 4.78 is 11.0. The van der Waals surface area contributed by atoms with Gasteiger partial charge in [-0.05, 0) is 56.2 Å². The molecule has 1 amide bonds. The third-order valence-electron chi connectivity index (χ3n) is 5.95. The number of aliphatic hydroxyl groups is 1. The maximum Gasteiger partial charge on any atom is 0.287 e. The smallest absolute Gasteiger partial charge is 0.287 e. The Kier molecular flexibility index (Phi) is 3.76. The number of fused-ring (bicyclic) bond motifs is 3. The number of methoxy groups -OCH3 is 1. The minimum atomic E-state index is -0.182. The molecule has 4 unspecified atom stereocenters. The van der Waals surface area contributed by atoms with Gasteiger partial charge in [0, 0.05) is 29.5 Å². The van der Waals surface area contributed by atoms with Crippen molar-refractivity contribution in [2.45, 2.75) is 32.2 Å². The highest BCUT2D eigenvalue weighted by Crippen LogP contribution is 2.48. The number of rotatable bonds is 4. The van der Waals surface area contributed by atoms with Gasteiger partial charge in [-0.1, -0.05) is 0 Å². The Morgan fingerprint density at radius 3 is 2.92 bits per heavy atom. The van der Waals surface area contributed by atoms with Gasteiger partial charge in [-0.2, -0.15) is 0 Å². The van der Waals surface area contributed by atoms with Crippen LogP contribution in [0.15, 0.2) is 22.6 Å². The lowest BCUT2D eigenvalue weighted by Crippen LogP contribution is -2.45. The average molecular weight is 329 g/mol. The van der Waals surface area contributed by atoms with Crippen LogP contribution in [0.2, 0.25) is 0 Å². The number of ether oxygens (including phenoxy) is 1. The van der Waals surface area contributed by atoms with Crippen LogP contribution in [-0.4, -0.2) is 30.8 Å². The number of amides is 1. The summed E-state index contributed by atoms with van der Waals surface area (Å²) in [6.07, 6.45) is 3.43.